The summed E-state index contributed by atoms with van der Waals surface area (Å²) < 4.78 is 8.07. The number of piperidine rings is 1. The van der Waals surface area contributed by atoms with Gasteiger partial charge in [-0.15, -0.1) is 0 Å². The summed E-state index contributed by atoms with van der Waals surface area (Å²) in [4.78, 5) is 6.80. The summed E-state index contributed by atoms with van der Waals surface area (Å²) in [5.41, 5.74) is 1.31. The van der Waals surface area contributed by atoms with Crippen LogP contribution in [-0.2, 0) is 13.6 Å². The number of hydrogen-bond donors (Lipinski definition) is 1. The molecule has 1 aliphatic carbocycles. The summed E-state index contributed by atoms with van der Waals surface area (Å²) in [7, 11) is 1.95. The topological polar surface area (TPSA) is 50.5 Å². The highest BCUT2D eigenvalue weighted by molar-refractivity contribution is 5.28. The van der Waals surface area contributed by atoms with Crippen molar-refractivity contribution in [3.63, 3.8) is 0 Å². The van der Waals surface area contributed by atoms with Gasteiger partial charge in [-0.2, -0.15) is 0 Å². The zero-order chi connectivity index (χ0) is 18.6. The van der Waals surface area contributed by atoms with Gasteiger partial charge in [0, 0.05) is 26.0 Å². The largest absolute Gasteiger partial charge is 0.490 e. The number of aliphatic hydroxyl groups is 1. The molecule has 2 heterocycles. The van der Waals surface area contributed by atoms with Gasteiger partial charge in [0.2, 0.25) is 0 Å². The van der Waals surface area contributed by atoms with Crippen LogP contribution in [0, 0.1) is 5.92 Å². The fraction of sp³-hybridized carbons (Fsp3) is 0.591. The standard InChI is InChI=1S/C22H31N3O2/c1-24-14-11-23-22(24)21(26)18-9-12-25(13-10-18)16-17-5-4-8-20(15-17)27-19-6-2-3-7-19/h4-5,8,11,14-15,18-19,21,26H,2-3,6-7,9-10,12-13,16H2,1H3. The van der Waals surface area contributed by atoms with Crippen molar-refractivity contribution in [1.82, 2.24) is 14.5 Å². The highest BCUT2D eigenvalue weighted by Gasteiger charge is 2.28. The van der Waals surface area contributed by atoms with Gasteiger partial charge in [0.25, 0.3) is 0 Å². The van der Waals surface area contributed by atoms with Crippen LogP contribution in [0.1, 0.15) is 56.0 Å². The van der Waals surface area contributed by atoms with E-state index in [0.29, 0.717) is 12.0 Å². The molecular weight excluding hydrogens is 338 g/mol. The molecule has 1 saturated heterocycles. The van der Waals surface area contributed by atoms with E-state index in [2.05, 4.69) is 34.1 Å². The van der Waals surface area contributed by atoms with Gasteiger partial charge in [-0.25, -0.2) is 4.98 Å². The van der Waals surface area contributed by atoms with Crippen LogP contribution in [0.25, 0.3) is 0 Å². The third kappa shape index (κ3) is 4.53. The molecule has 0 bridgehead atoms. The molecule has 1 unspecified atom stereocenters. The van der Waals surface area contributed by atoms with Crippen molar-refractivity contribution in [2.75, 3.05) is 13.1 Å². The van der Waals surface area contributed by atoms with Crippen molar-refractivity contribution in [2.45, 2.75) is 57.3 Å². The van der Waals surface area contributed by atoms with E-state index < -0.39 is 6.10 Å². The minimum Gasteiger partial charge on any atom is -0.490 e. The van der Waals surface area contributed by atoms with Crippen molar-refractivity contribution < 1.29 is 9.84 Å². The van der Waals surface area contributed by atoms with Crippen LogP contribution in [0.4, 0.5) is 0 Å². The van der Waals surface area contributed by atoms with E-state index in [-0.39, 0.29) is 0 Å². The molecule has 1 N–H and O–H groups in total. The number of ether oxygens (including phenoxy) is 1. The molecule has 2 aromatic rings. The maximum atomic E-state index is 10.6. The van der Waals surface area contributed by atoms with Crippen molar-refractivity contribution >= 4 is 0 Å². The van der Waals surface area contributed by atoms with Crippen molar-refractivity contribution in [2.24, 2.45) is 13.0 Å². The van der Waals surface area contributed by atoms with Crippen molar-refractivity contribution in [3.05, 3.63) is 48.0 Å². The molecule has 1 aromatic carbocycles. The number of likely N-dealkylation sites (tertiary alicyclic amines) is 1. The summed E-state index contributed by atoms with van der Waals surface area (Å²) in [5.74, 6) is 2.09. The van der Waals surface area contributed by atoms with E-state index in [1.807, 2.05) is 17.8 Å². The summed E-state index contributed by atoms with van der Waals surface area (Å²) in [6, 6.07) is 8.58. The van der Waals surface area contributed by atoms with Gasteiger partial charge in [-0.05, 0) is 75.2 Å². The van der Waals surface area contributed by atoms with Crippen LogP contribution < -0.4 is 4.74 Å². The van der Waals surface area contributed by atoms with Crippen LogP contribution in [0.2, 0.25) is 0 Å². The first kappa shape index (κ1) is 18.5. The van der Waals surface area contributed by atoms with Gasteiger partial charge in [-0.1, -0.05) is 12.1 Å². The third-order valence-electron chi connectivity index (χ3n) is 6.11. The number of hydrogen-bond acceptors (Lipinski definition) is 4. The number of aliphatic hydroxyl groups excluding tert-OH is 1. The second-order valence-corrected chi connectivity index (χ2v) is 8.13. The Kier molecular flexibility index (Phi) is 5.79. The molecule has 2 fully saturated rings. The molecule has 5 nitrogen and oxygen atoms in total. The summed E-state index contributed by atoms with van der Waals surface area (Å²) in [6.07, 6.45) is 10.6. The first-order chi connectivity index (χ1) is 13.2. The Labute approximate surface area is 162 Å². The molecule has 4 rings (SSSR count). The highest BCUT2D eigenvalue weighted by Crippen LogP contribution is 2.30. The molecule has 2 aliphatic rings. The molecule has 0 radical (unpaired) electrons. The van der Waals surface area contributed by atoms with E-state index >= 15 is 0 Å². The Morgan fingerprint density at radius 1 is 1.19 bits per heavy atom. The Balaban J connectivity index is 1.29. The van der Waals surface area contributed by atoms with Crippen LogP contribution in [0.3, 0.4) is 0 Å². The van der Waals surface area contributed by atoms with Gasteiger partial charge in [0.05, 0.1) is 6.10 Å². The molecule has 1 atom stereocenters. The lowest BCUT2D eigenvalue weighted by Gasteiger charge is -2.34. The molecule has 5 heteroatoms. The average molecular weight is 370 g/mol. The minimum atomic E-state index is -0.463. The monoisotopic (exact) mass is 369 g/mol. The van der Waals surface area contributed by atoms with Gasteiger partial charge < -0.3 is 14.4 Å². The first-order valence-corrected chi connectivity index (χ1v) is 10.3. The van der Waals surface area contributed by atoms with Gasteiger partial charge in [-0.3, -0.25) is 4.90 Å². The van der Waals surface area contributed by atoms with Gasteiger partial charge in [0.15, 0.2) is 0 Å². The lowest BCUT2D eigenvalue weighted by atomic mass is 9.90. The van der Waals surface area contributed by atoms with E-state index in [4.69, 9.17) is 4.74 Å². The van der Waals surface area contributed by atoms with Crippen molar-refractivity contribution in [3.8, 4) is 5.75 Å². The second-order valence-electron chi connectivity index (χ2n) is 8.13. The Morgan fingerprint density at radius 2 is 1.96 bits per heavy atom. The smallest absolute Gasteiger partial charge is 0.137 e. The number of aromatic nitrogens is 2. The number of nitrogens with zero attached hydrogens (tertiary/aromatic N) is 3. The molecule has 1 saturated carbocycles. The fourth-order valence-corrected chi connectivity index (χ4v) is 4.47. The molecule has 0 spiro atoms. The Hall–Kier alpha value is -1.85. The van der Waals surface area contributed by atoms with Gasteiger partial charge in [0.1, 0.15) is 17.7 Å². The van der Waals surface area contributed by atoms with E-state index in [1.54, 1.807) is 6.20 Å². The van der Waals surface area contributed by atoms with Gasteiger partial charge >= 0.3 is 0 Å². The van der Waals surface area contributed by atoms with E-state index in [0.717, 1.165) is 44.0 Å². The second kappa shape index (κ2) is 8.44. The van der Waals surface area contributed by atoms with Crippen molar-refractivity contribution in [1.29, 1.82) is 0 Å². The lowest BCUT2D eigenvalue weighted by Crippen LogP contribution is -2.35. The van der Waals surface area contributed by atoms with E-state index in [1.165, 1.54) is 31.2 Å². The van der Waals surface area contributed by atoms with Crippen LogP contribution >= 0.6 is 0 Å². The average Bonchev–Trinajstić information content (AvgIpc) is 3.34. The van der Waals surface area contributed by atoms with Crippen LogP contribution in [0.15, 0.2) is 36.7 Å². The number of rotatable bonds is 6. The maximum Gasteiger partial charge on any atom is 0.137 e. The fourth-order valence-electron chi connectivity index (χ4n) is 4.47. The lowest BCUT2D eigenvalue weighted by molar-refractivity contribution is 0.0492. The zero-order valence-corrected chi connectivity index (χ0v) is 16.3. The SMILES string of the molecule is Cn1ccnc1C(O)C1CCN(Cc2cccc(OC3CCCC3)c2)CC1. The molecule has 1 aliphatic heterocycles. The molecule has 0 amide bonds. The number of imidazole rings is 1. The maximum absolute atomic E-state index is 10.6. The zero-order valence-electron chi connectivity index (χ0n) is 16.3. The minimum absolute atomic E-state index is 0.291. The first-order valence-electron chi connectivity index (χ1n) is 10.3. The normalized spacial score (nSPS) is 20.8. The molecule has 146 valence electrons. The summed E-state index contributed by atoms with van der Waals surface area (Å²) in [6.45, 7) is 2.98. The summed E-state index contributed by atoms with van der Waals surface area (Å²) >= 11 is 0. The number of aryl methyl sites for hydroxylation is 1. The molecular formula is C22H31N3O2. The van der Waals surface area contributed by atoms with Crippen LogP contribution in [-0.4, -0.2) is 38.8 Å². The highest BCUT2D eigenvalue weighted by atomic mass is 16.5. The Bertz CT molecular complexity index is 731. The van der Waals surface area contributed by atoms with Crippen LogP contribution in [0.5, 0.6) is 5.75 Å². The van der Waals surface area contributed by atoms with E-state index in [9.17, 15) is 5.11 Å². The summed E-state index contributed by atoms with van der Waals surface area (Å²) in [5, 5.41) is 10.6. The third-order valence-corrected chi connectivity index (χ3v) is 6.11. The Morgan fingerprint density at radius 3 is 2.67 bits per heavy atom. The molecule has 1 aromatic heterocycles. The quantitative estimate of drug-likeness (QED) is 0.844. The number of benzene rings is 1. The predicted octanol–water partition coefficient (Wildman–Crippen LogP) is 3.69. The molecule has 27 heavy (non-hydrogen) atoms. The predicted molar refractivity (Wildman–Crippen MR) is 105 cm³/mol.